The van der Waals surface area contributed by atoms with Crippen molar-refractivity contribution in [1.29, 1.82) is 0 Å². The second-order valence-electron chi connectivity index (χ2n) is 16.4. The molecule has 0 aromatic carbocycles. The van der Waals surface area contributed by atoms with E-state index in [1.807, 2.05) is 0 Å². The Morgan fingerprint density at radius 1 is 0.296 bits per heavy atom. The first-order valence-electron chi connectivity index (χ1n) is 24.0. The zero-order chi connectivity index (χ0) is 39.4. The average molecular weight is 765 g/mol. The molecule has 0 radical (unpaired) electrons. The third-order valence-corrected chi connectivity index (χ3v) is 10.9. The molecule has 0 bridgehead atoms. The van der Waals surface area contributed by atoms with E-state index in [9.17, 15) is 14.4 Å². The van der Waals surface area contributed by atoms with E-state index in [-0.39, 0.29) is 31.1 Å². The number of ether oxygens (including phenoxy) is 3. The molecule has 54 heavy (non-hydrogen) atoms. The van der Waals surface area contributed by atoms with E-state index >= 15 is 0 Å². The summed E-state index contributed by atoms with van der Waals surface area (Å²) >= 11 is 0. The second-order valence-corrected chi connectivity index (χ2v) is 16.4. The average Bonchev–Trinajstić information content (AvgIpc) is 3.17. The van der Waals surface area contributed by atoms with Crippen LogP contribution in [-0.2, 0) is 28.6 Å². The molecule has 0 aliphatic carbocycles. The van der Waals surface area contributed by atoms with Crippen LogP contribution in [0.1, 0.15) is 271 Å². The molecule has 0 rings (SSSR count). The number of carbonyl (C=O) groups excluding carboxylic acids is 3. The van der Waals surface area contributed by atoms with Crippen LogP contribution < -0.4 is 0 Å². The Bertz CT molecular complexity index is 798. The molecule has 1 atom stereocenters. The first kappa shape index (κ1) is 52.4. The summed E-state index contributed by atoms with van der Waals surface area (Å²) in [4.78, 5) is 37.7. The Balaban J connectivity index is 4.25. The summed E-state index contributed by atoms with van der Waals surface area (Å²) in [5, 5.41) is 0. The molecule has 320 valence electrons. The van der Waals surface area contributed by atoms with Gasteiger partial charge in [-0.3, -0.25) is 14.4 Å². The minimum atomic E-state index is -0.757. The molecule has 0 spiro atoms. The van der Waals surface area contributed by atoms with Crippen molar-refractivity contribution in [3.8, 4) is 0 Å². The highest BCUT2D eigenvalue weighted by Gasteiger charge is 2.19. The summed E-state index contributed by atoms with van der Waals surface area (Å²) in [5.74, 6) is -0.850. The van der Waals surface area contributed by atoms with Crippen LogP contribution in [0, 0.1) is 0 Å². The topological polar surface area (TPSA) is 78.9 Å². The van der Waals surface area contributed by atoms with Crippen molar-refractivity contribution in [2.24, 2.45) is 0 Å². The summed E-state index contributed by atoms with van der Waals surface area (Å²) in [6.07, 6.45) is 45.1. The maximum Gasteiger partial charge on any atom is 0.306 e. The standard InChI is InChI=1S/C48H92O6/c1-4-7-10-13-16-19-22-23-24-25-26-27-30-32-35-38-41-47(50)53-44-45(54-48(51)42-39-36-33-29-21-18-15-12-9-6-3)43-52-46(49)40-37-34-31-28-20-17-14-11-8-5-2/h45H,4-44H2,1-3H3. The lowest BCUT2D eigenvalue weighted by atomic mass is 10.0. The van der Waals surface area contributed by atoms with Crippen LogP contribution in [0.25, 0.3) is 0 Å². The lowest BCUT2D eigenvalue weighted by Crippen LogP contribution is -2.30. The van der Waals surface area contributed by atoms with E-state index < -0.39 is 6.10 Å². The maximum absolute atomic E-state index is 12.7. The van der Waals surface area contributed by atoms with Crippen LogP contribution >= 0.6 is 0 Å². The van der Waals surface area contributed by atoms with Crippen molar-refractivity contribution >= 4 is 17.9 Å². The van der Waals surface area contributed by atoms with Crippen LogP contribution in [0.15, 0.2) is 0 Å². The van der Waals surface area contributed by atoms with E-state index in [0.29, 0.717) is 19.3 Å². The van der Waals surface area contributed by atoms with Crippen LogP contribution in [0.5, 0.6) is 0 Å². The molecule has 0 N–H and O–H groups in total. The molecule has 6 nitrogen and oxygen atoms in total. The molecule has 6 heteroatoms. The number of carbonyl (C=O) groups is 3. The Morgan fingerprint density at radius 2 is 0.500 bits per heavy atom. The van der Waals surface area contributed by atoms with Crippen LogP contribution in [0.2, 0.25) is 0 Å². The van der Waals surface area contributed by atoms with Gasteiger partial charge < -0.3 is 14.2 Å². The maximum atomic E-state index is 12.7. The molecular weight excluding hydrogens is 673 g/mol. The molecule has 0 amide bonds. The summed E-state index contributed by atoms with van der Waals surface area (Å²) in [7, 11) is 0. The third-order valence-electron chi connectivity index (χ3n) is 10.9. The lowest BCUT2D eigenvalue weighted by Gasteiger charge is -2.18. The van der Waals surface area contributed by atoms with Crippen molar-refractivity contribution in [3.05, 3.63) is 0 Å². The van der Waals surface area contributed by atoms with Gasteiger partial charge in [0.1, 0.15) is 13.2 Å². The summed E-state index contributed by atoms with van der Waals surface area (Å²) in [6.45, 7) is 6.64. The molecule has 0 fully saturated rings. The summed E-state index contributed by atoms with van der Waals surface area (Å²) < 4.78 is 16.7. The van der Waals surface area contributed by atoms with Gasteiger partial charge >= 0.3 is 17.9 Å². The number of rotatable bonds is 44. The molecule has 0 heterocycles. The molecule has 0 saturated carbocycles. The van der Waals surface area contributed by atoms with E-state index in [4.69, 9.17) is 14.2 Å². The number of esters is 3. The molecule has 0 aromatic rings. The summed E-state index contributed by atoms with van der Waals surface area (Å²) in [5.41, 5.74) is 0. The molecule has 0 aromatic heterocycles. The van der Waals surface area contributed by atoms with Crippen molar-refractivity contribution in [3.63, 3.8) is 0 Å². The predicted molar refractivity (Wildman–Crippen MR) is 229 cm³/mol. The van der Waals surface area contributed by atoms with Crippen molar-refractivity contribution in [2.45, 2.75) is 277 Å². The predicted octanol–water partition coefficient (Wildman–Crippen LogP) is 15.3. The third kappa shape index (κ3) is 41.6. The first-order chi connectivity index (χ1) is 26.5. The van der Waals surface area contributed by atoms with Crippen molar-refractivity contribution in [1.82, 2.24) is 0 Å². The quantitative estimate of drug-likeness (QED) is 0.0349. The van der Waals surface area contributed by atoms with Gasteiger partial charge in [0.2, 0.25) is 0 Å². The molecule has 0 aliphatic heterocycles. The monoisotopic (exact) mass is 765 g/mol. The fourth-order valence-corrected chi connectivity index (χ4v) is 7.21. The molecule has 0 saturated heterocycles. The van der Waals surface area contributed by atoms with E-state index in [1.165, 1.54) is 173 Å². The Morgan fingerprint density at radius 3 is 0.741 bits per heavy atom. The van der Waals surface area contributed by atoms with Crippen molar-refractivity contribution < 1.29 is 28.6 Å². The zero-order valence-corrected chi connectivity index (χ0v) is 36.5. The second kappa shape index (κ2) is 44.1. The Kier molecular flexibility index (Phi) is 42.8. The highest BCUT2D eigenvalue weighted by atomic mass is 16.6. The molecular formula is C48H92O6. The summed E-state index contributed by atoms with van der Waals surface area (Å²) in [6, 6.07) is 0. The van der Waals surface area contributed by atoms with Gasteiger partial charge in [-0.05, 0) is 19.3 Å². The SMILES string of the molecule is CCCCCCCCCCCCCCCCCCC(=O)OCC(COC(=O)CCCCCCCCCCCC)OC(=O)CCCCCCCCCCCC. The normalized spacial score (nSPS) is 11.8. The Labute approximate surface area is 336 Å². The van der Waals surface area contributed by atoms with Gasteiger partial charge in [-0.2, -0.15) is 0 Å². The smallest absolute Gasteiger partial charge is 0.306 e. The van der Waals surface area contributed by atoms with Gasteiger partial charge in [0.25, 0.3) is 0 Å². The van der Waals surface area contributed by atoms with Gasteiger partial charge in [0, 0.05) is 19.3 Å². The van der Waals surface area contributed by atoms with Crippen molar-refractivity contribution in [2.75, 3.05) is 13.2 Å². The lowest BCUT2D eigenvalue weighted by molar-refractivity contribution is -0.167. The zero-order valence-electron chi connectivity index (χ0n) is 36.5. The minimum Gasteiger partial charge on any atom is -0.462 e. The van der Waals surface area contributed by atoms with Gasteiger partial charge in [0.15, 0.2) is 6.10 Å². The Hall–Kier alpha value is -1.59. The fourth-order valence-electron chi connectivity index (χ4n) is 7.21. The van der Waals surface area contributed by atoms with E-state index in [0.717, 1.165) is 57.8 Å². The molecule has 0 aliphatic rings. The van der Waals surface area contributed by atoms with Gasteiger partial charge in [0.05, 0.1) is 0 Å². The highest BCUT2D eigenvalue weighted by molar-refractivity contribution is 5.71. The van der Waals surface area contributed by atoms with Crippen LogP contribution in [0.3, 0.4) is 0 Å². The number of hydrogen-bond acceptors (Lipinski definition) is 6. The fraction of sp³-hybridized carbons (Fsp3) is 0.938. The van der Waals surface area contributed by atoms with Gasteiger partial charge in [-0.1, -0.05) is 233 Å². The first-order valence-corrected chi connectivity index (χ1v) is 24.0. The van der Waals surface area contributed by atoms with Crippen LogP contribution in [-0.4, -0.2) is 37.2 Å². The van der Waals surface area contributed by atoms with Crippen LogP contribution in [0.4, 0.5) is 0 Å². The van der Waals surface area contributed by atoms with E-state index in [2.05, 4.69) is 20.8 Å². The minimum absolute atomic E-state index is 0.0625. The van der Waals surface area contributed by atoms with E-state index in [1.54, 1.807) is 0 Å². The number of hydrogen-bond donors (Lipinski definition) is 0. The highest BCUT2D eigenvalue weighted by Crippen LogP contribution is 2.16. The van der Waals surface area contributed by atoms with Gasteiger partial charge in [-0.25, -0.2) is 0 Å². The largest absolute Gasteiger partial charge is 0.462 e. The molecule has 1 unspecified atom stereocenters. The van der Waals surface area contributed by atoms with Gasteiger partial charge in [-0.15, -0.1) is 0 Å². The number of unbranched alkanes of at least 4 members (excludes halogenated alkanes) is 33.